The topological polar surface area (TPSA) is 79.7 Å². The summed E-state index contributed by atoms with van der Waals surface area (Å²) in [6, 6.07) is 0. The van der Waals surface area contributed by atoms with Crippen LogP contribution in [0, 0.1) is 6.92 Å². The number of ether oxygens (including phenoxy) is 1. The van der Waals surface area contributed by atoms with E-state index in [2.05, 4.69) is 4.98 Å². The highest BCUT2D eigenvalue weighted by Gasteiger charge is 2.46. The van der Waals surface area contributed by atoms with E-state index in [4.69, 9.17) is 4.74 Å². The van der Waals surface area contributed by atoms with Crippen LogP contribution in [0.3, 0.4) is 0 Å². The summed E-state index contributed by atoms with van der Waals surface area (Å²) in [7, 11) is 3.17. The number of amides is 1. The van der Waals surface area contributed by atoms with Crippen LogP contribution in [-0.2, 0) is 16.1 Å². The summed E-state index contributed by atoms with van der Waals surface area (Å²) in [6.07, 6.45) is 3.70. The van der Waals surface area contributed by atoms with E-state index in [0.717, 1.165) is 24.3 Å². The Morgan fingerprint density at radius 1 is 1.36 bits per heavy atom. The lowest BCUT2D eigenvalue weighted by Crippen LogP contribution is -2.56. The van der Waals surface area contributed by atoms with Crippen LogP contribution < -0.4 is 0 Å². The minimum atomic E-state index is -1.09. The second-order valence-corrected chi connectivity index (χ2v) is 6.80. The zero-order valence-corrected chi connectivity index (χ0v) is 14.0. The SMILES string of the molecule is COCc1nc(C)c(C(=O)N(C)C2(C(=O)O)CCCCC2)s1. The molecular weight excluding hydrogens is 304 g/mol. The molecule has 1 aromatic rings. The molecule has 0 saturated heterocycles. The maximum absolute atomic E-state index is 12.8. The molecule has 0 atom stereocenters. The quantitative estimate of drug-likeness (QED) is 0.899. The standard InChI is InChI=1S/C15H22N2O4S/c1-10-12(22-11(16-10)9-21-3)13(18)17(2)15(14(19)20)7-5-4-6-8-15/h4-9H2,1-3H3,(H,19,20). The molecule has 0 unspecified atom stereocenters. The fourth-order valence-electron chi connectivity index (χ4n) is 3.01. The van der Waals surface area contributed by atoms with Crippen LogP contribution in [0.15, 0.2) is 0 Å². The minimum absolute atomic E-state index is 0.262. The average molecular weight is 326 g/mol. The Balaban J connectivity index is 2.28. The molecule has 2 rings (SSSR count). The smallest absolute Gasteiger partial charge is 0.329 e. The highest BCUT2D eigenvalue weighted by molar-refractivity contribution is 7.13. The first kappa shape index (κ1) is 16.9. The number of thiazole rings is 1. The summed E-state index contributed by atoms with van der Waals surface area (Å²) in [6.45, 7) is 2.12. The van der Waals surface area contributed by atoms with Crippen molar-refractivity contribution in [1.29, 1.82) is 0 Å². The molecule has 1 aliphatic carbocycles. The Bertz CT molecular complexity index is 564. The summed E-state index contributed by atoms with van der Waals surface area (Å²) in [5, 5.41) is 10.4. The molecule has 122 valence electrons. The third kappa shape index (κ3) is 3.01. The van der Waals surface area contributed by atoms with Crippen LogP contribution in [0.1, 0.15) is 52.5 Å². The summed E-state index contributed by atoms with van der Waals surface area (Å²) >= 11 is 1.27. The average Bonchev–Trinajstić information content (AvgIpc) is 2.87. The van der Waals surface area contributed by atoms with Crippen molar-refractivity contribution in [2.75, 3.05) is 14.2 Å². The van der Waals surface area contributed by atoms with Crippen molar-refractivity contribution in [2.45, 2.75) is 51.2 Å². The van der Waals surface area contributed by atoms with Crippen LogP contribution >= 0.6 is 11.3 Å². The highest BCUT2D eigenvalue weighted by Crippen LogP contribution is 2.35. The molecule has 0 bridgehead atoms. The van der Waals surface area contributed by atoms with Gasteiger partial charge in [-0.2, -0.15) is 0 Å². The number of aryl methyl sites for hydroxylation is 1. The summed E-state index contributed by atoms with van der Waals surface area (Å²) < 4.78 is 5.04. The molecule has 0 radical (unpaired) electrons. The highest BCUT2D eigenvalue weighted by atomic mass is 32.1. The first-order valence-electron chi connectivity index (χ1n) is 7.39. The van der Waals surface area contributed by atoms with E-state index in [9.17, 15) is 14.7 Å². The van der Waals surface area contributed by atoms with Gasteiger partial charge in [0.2, 0.25) is 0 Å². The second kappa shape index (κ2) is 6.75. The number of carbonyl (C=O) groups excluding carboxylic acids is 1. The van der Waals surface area contributed by atoms with Gasteiger partial charge in [-0.15, -0.1) is 11.3 Å². The van der Waals surface area contributed by atoms with Gasteiger partial charge in [0.15, 0.2) is 0 Å². The van der Waals surface area contributed by atoms with Crippen LogP contribution in [0.25, 0.3) is 0 Å². The molecule has 22 heavy (non-hydrogen) atoms. The van der Waals surface area contributed by atoms with Gasteiger partial charge in [0.25, 0.3) is 5.91 Å². The Morgan fingerprint density at radius 2 is 2.00 bits per heavy atom. The first-order chi connectivity index (χ1) is 10.4. The third-order valence-electron chi connectivity index (χ3n) is 4.33. The number of carboxylic acid groups (broad SMARTS) is 1. The third-order valence-corrected chi connectivity index (χ3v) is 5.45. The van der Waals surface area contributed by atoms with E-state index in [1.807, 2.05) is 0 Å². The van der Waals surface area contributed by atoms with Gasteiger partial charge < -0.3 is 14.7 Å². The molecule has 1 aliphatic rings. The Hall–Kier alpha value is -1.47. The van der Waals surface area contributed by atoms with Gasteiger partial charge >= 0.3 is 5.97 Å². The monoisotopic (exact) mass is 326 g/mol. The number of aliphatic carboxylic acids is 1. The fraction of sp³-hybridized carbons (Fsp3) is 0.667. The largest absolute Gasteiger partial charge is 0.479 e. The Labute approximate surface area is 134 Å². The van der Waals surface area contributed by atoms with Crippen LogP contribution in [0.2, 0.25) is 0 Å². The molecule has 1 amide bonds. The summed E-state index contributed by atoms with van der Waals surface area (Å²) in [5.41, 5.74) is -0.460. The van der Waals surface area contributed by atoms with Gasteiger partial charge in [0.1, 0.15) is 15.4 Å². The molecule has 6 nitrogen and oxygen atoms in total. The van der Waals surface area contributed by atoms with E-state index in [1.54, 1.807) is 21.1 Å². The van der Waals surface area contributed by atoms with Gasteiger partial charge in [-0.25, -0.2) is 9.78 Å². The zero-order chi connectivity index (χ0) is 16.3. The van der Waals surface area contributed by atoms with Crippen molar-refractivity contribution in [1.82, 2.24) is 9.88 Å². The molecular formula is C15H22N2O4S. The lowest BCUT2D eigenvalue weighted by atomic mass is 9.80. The molecule has 1 N–H and O–H groups in total. The molecule has 0 aromatic carbocycles. The lowest BCUT2D eigenvalue weighted by Gasteiger charge is -2.40. The van der Waals surface area contributed by atoms with Crippen molar-refractivity contribution in [3.05, 3.63) is 15.6 Å². The molecule has 0 aliphatic heterocycles. The van der Waals surface area contributed by atoms with Crippen molar-refractivity contribution in [2.24, 2.45) is 0 Å². The number of nitrogens with zero attached hydrogens (tertiary/aromatic N) is 2. The van der Waals surface area contributed by atoms with Gasteiger partial charge in [-0.3, -0.25) is 4.79 Å². The number of likely N-dealkylation sites (N-methyl/N-ethyl adjacent to an activating group) is 1. The van der Waals surface area contributed by atoms with Gasteiger partial charge in [0, 0.05) is 14.2 Å². The van der Waals surface area contributed by atoms with Gasteiger partial charge in [0.05, 0.1) is 12.3 Å². The van der Waals surface area contributed by atoms with E-state index >= 15 is 0 Å². The number of aromatic nitrogens is 1. The number of carbonyl (C=O) groups is 2. The molecule has 1 saturated carbocycles. The van der Waals surface area contributed by atoms with Crippen molar-refractivity contribution < 1.29 is 19.4 Å². The molecule has 1 fully saturated rings. The van der Waals surface area contributed by atoms with E-state index in [0.29, 0.717) is 30.0 Å². The molecule has 7 heteroatoms. The normalized spacial score (nSPS) is 17.2. The van der Waals surface area contributed by atoms with Gasteiger partial charge in [-0.1, -0.05) is 19.3 Å². The van der Waals surface area contributed by atoms with E-state index in [1.165, 1.54) is 16.2 Å². The van der Waals surface area contributed by atoms with Crippen LogP contribution in [-0.4, -0.2) is 46.6 Å². The molecule has 1 aromatic heterocycles. The van der Waals surface area contributed by atoms with Gasteiger partial charge in [-0.05, 0) is 19.8 Å². The second-order valence-electron chi connectivity index (χ2n) is 5.72. The number of rotatable bonds is 5. The fourth-order valence-corrected chi connectivity index (χ4v) is 4.02. The molecule has 0 spiro atoms. The van der Waals surface area contributed by atoms with Crippen molar-refractivity contribution in [3.63, 3.8) is 0 Å². The number of hydrogen-bond acceptors (Lipinski definition) is 5. The lowest BCUT2D eigenvalue weighted by molar-refractivity contribution is -0.151. The zero-order valence-electron chi connectivity index (χ0n) is 13.2. The minimum Gasteiger partial charge on any atom is -0.479 e. The summed E-state index contributed by atoms with van der Waals surface area (Å²) in [4.78, 5) is 30.8. The molecule has 1 heterocycles. The number of hydrogen-bond donors (Lipinski definition) is 1. The van der Waals surface area contributed by atoms with Crippen molar-refractivity contribution >= 4 is 23.2 Å². The first-order valence-corrected chi connectivity index (χ1v) is 8.21. The summed E-state index contributed by atoms with van der Waals surface area (Å²) in [5.74, 6) is -1.18. The Morgan fingerprint density at radius 3 is 2.55 bits per heavy atom. The van der Waals surface area contributed by atoms with Crippen LogP contribution in [0.4, 0.5) is 0 Å². The predicted octanol–water partition coefficient (Wildman–Crippen LogP) is 2.46. The predicted molar refractivity (Wildman–Crippen MR) is 83.1 cm³/mol. The maximum Gasteiger partial charge on any atom is 0.329 e. The van der Waals surface area contributed by atoms with Crippen LogP contribution in [0.5, 0.6) is 0 Å². The number of methoxy groups -OCH3 is 1. The van der Waals surface area contributed by atoms with E-state index in [-0.39, 0.29) is 5.91 Å². The number of carboxylic acids is 1. The van der Waals surface area contributed by atoms with Crippen molar-refractivity contribution in [3.8, 4) is 0 Å². The maximum atomic E-state index is 12.8. The Kier molecular flexibility index (Phi) is 5.18. The van der Waals surface area contributed by atoms with E-state index < -0.39 is 11.5 Å².